The fourth-order valence-corrected chi connectivity index (χ4v) is 2.74. The summed E-state index contributed by atoms with van der Waals surface area (Å²) in [5.74, 6) is -0.455. The first-order valence-electron chi connectivity index (χ1n) is 7.33. The van der Waals surface area contributed by atoms with Gasteiger partial charge in [0.05, 0.1) is 0 Å². The molecule has 0 spiro atoms. The number of nitrogens with one attached hydrogen (secondary N) is 4. The van der Waals surface area contributed by atoms with Gasteiger partial charge in [0.25, 0.3) is 0 Å². The highest BCUT2D eigenvalue weighted by Crippen LogP contribution is 2.33. The number of fused-ring (bicyclic) bond motifs is 1. The predicted molar refractivity (Wildman–Crippen MR) is 91.2 cm³/mol. The molecular formula is C17H21N5. The Morgan fingerprint density at radius 1 is 0.955 bits per heavy atom. The number of pyridine rings is 1. The number of nitrogens with zero attached hydrogens (tertiary/aromatic N) is 1. The van der Waals surface area contributed by atoms with Crippen LogP contribution in [0.15, 0.2) is 48.8 Å². The average molecular weight is 295 g/mol. The van der Waals surface area contributed by atoms with Crippen LogP contribution in [0.4, 0.5) is 5.69 Å². The molecule has 5 nitrogen and oxygen atoms in total. The highest BCUT2D eigenvalue weighted by atomic mass is 15.3. The molecule has 1 aromatic heterocycles. The second kappa shape index (κ2) is 5.79. The van der Waals surface area contributed by atoms with Gasteiger partial charge in [0, 0.05) is 36.4 Å². The molecule has 4 N–H and O–H groups in total. The van der Waals surface area contributed by atoms with E-state index < -0.39 is 5.79 Å². The van der Waals surface area contributed by atoms with Crippen molar-refractivity contribution in [1.82, 2.24) is 20.9 Å². The maximum atomic E-state index is 4.08. The molecule has 2 heterocycles. The number of rotatable bonds is 4. The quantitative estimate of drug-likeness (QED) is 0.648. The minimum absolute atomic E-state index is 0.455. The second-order valence-corrected chi connectivity index (χ2v) is 5.24. The van der Waals surface area contributed by atoms with Gasteiger partial charge in [0.2, 0.25) is 0 Å². The molecular weight excluding hydrogens is 274 g/mol. The normalized spacial score (nSPS) is 15.5. The highest BCUT2D eigenvalue weighted by molar-refractivity contribution is 5.83. The number of aromatic nitrogens is 1. The summed E-state index contributed by atoms with van der Waals surface area (Å²) >= 11 is 0. The second-order valence-electron chi connectivity index (χ2n) is 5.24. The summed E-state index contributed by atoms with van der Waals surface area (Å²) < 4.78 is 0. The lowest BCUT2D eigenvalue weighted by Gasteiger charge is -2.37. The van der Waals surface area contributed by atoms with Crippen LogP contribution < -0.4 is 21.3 Å². The summed E-state index contributed by atoms with van der Waals surface area (Å²) in [7, 11) is 5.78. The van der Waals surface area contributed by atoms with E-state index in [4.69, 9.17) is 0 Å². The number of benzene rings is 1. The van der Waals surface area contributed by atoms with E-state index in [1.807, 2.05) is 45.7 Å². The van der Waals surface area contributed by atoms with Crippen molar-refractivity contribution in [3.8, 4) is 11.1 Å². The number of hydrogen-bond donors (Lipinski definition) is 4. The molecule has 0 unspecified atom stereocenters. The van der Waals surface area contributed by atoms with E-state index in [0.29, 0.717) is 0 Å². The minimum atomic E-state index is -0.455. The third-order valence-corrected chi connectivity index (χ3v) is 4.07. The molecule has 0 fully saturated rings. The van der Waals surface area contributed by atoms with E-state index in [0.717, 1.165) is 22.5 Å². The van der Waals surface area contributed by atoms with Gasteiger partial charge in [-0.2, -0.15) is 0 Å². The lowest BCUT2D eigenvalue weighted by molar-refractivity contribution is 0.424. The van der Waals surface area contributed by atoms with Crippen LogP contribution in [-0.2, 0) is 0 Å². The topological polar surface area (TPSA) is 61.0 Å². The number of likely N-dealkylation sites (N-methyl/N-ethyl adjacent to an activating group) is 2. The van der Waals surface area contributed by atoms with Gasteiger partial charge in [0.15, 0.2) is 5.79 Å². The molecule has 1 aliphatic rings. The maximum absolute atomic E-state index is 4.08. The van der Waals surface area contributed by atoms with Gasteiger partial charge in [-0.3, -0.25) is 15.6 Å². The zero-order valence-electron chi connectivity index (χ0n) is 13.1. The number of anilines is 1. The van der Waals surface area contributed by atoms with Gasteiger partial charge in [-0.1, -0.05) is 6.07 Å². The van der Waals surface area contributed by atoms with Crippen LogP contribution in [0.2, 0.25) is 0 Å². The van der Waals surface area contributed by atoms with Gasteiger partial charge in [-0.15, -0.1) is 0 Å². The Balaban J connectivity index is 2.08. The van der Waals surface area contributed by atoms with Crippen LogP contribution in [0.25, 0.3) is 16.8 Å². The zero-order chi connectivity index (χ0) is 15.6. The van der Waals surface area contributed by atoms with Crippen molar-refractivity contribution in [2.75, 3.05) is 26.5 Å². The largest absolute Gasteiger partial charge is 0.388 e. The summed E-state index contributed by atoms with van der Waals surface area (Å²) in [6.45, 7) is 0. The van der Waals surface area contributed by atoms with Crippen LogP contribution in [0.1, 0.15) is 5.56 Å². The first kappa shape index (κ1) is 14.6. The Labute approximate surface area is 130 Å². The predicted octanol–water partition coefficient (Wildman–Crippen LogP) is 1.83. The first-order chi connectivity index (χ1) is 10.7. The van der Waals surface area contributed by atoms with Gasteiger partial charge in [-0.05, 0) is 55.6 Å². The van der Waals surface area contributed by atoms with Crippen molar-refractivity contribution >= 4 is 11.4 Å². The smallest absolute Gasteiger partial charge is 0.165 e. The van der Waals surface area contributed by atoms with Crippen LogP contribution in [0.3, 0.4) is 0 Å². The van der Waals surface area contributed by atoms with Gasteiger partial charge in [0.1, 0.15) is 0 Å². The molecule has 0 saturated heterocycles. The summed E-state index contributed by atoms with van der Waals surface area (Å²) in [6, 6.07) is 10.5. The van der Waals surface area contributed by atoms with Crippen LogP contribution in [0.5, 0.6) is 0 Å². The first-order valence-corrected chi connectivity index (χ1v) is 7.33. The van der Waals surface area contributed by atoms with E-state index in [2.05, 4.69) is 50.5 Å². The van der Waals surface area contributed by atoms with Crippen molar-refractivity contribution < 1.29 is 0 Å². The van der Waals surface area contributed by atoms with Crippen molar-refractivity contribution in [3.05, 3.63) is 54.4 Å². The van der Waals surface area contributed by atoms with Gasteiger partial charge < -0.3 is 10.6 Å². The van der Waals surface area contributed by atoms with Crippen molar-refractivity contribution in [2.24, 2.45) is 0 Å². The van der Waals surface area contributed by atoms with E-state index in [1.165, 1.54) is 5.56 Å². The summed E-state index contributed by atoms with van der Waals surface area (Å²) in [5, 5.41) is 13.3. The molecule has 0 amide bonds. The van der Waals surface area contributed by atoms with E-state index in [1.54, 1.807) is 0 Å². The molecule has 114 valence electrons. The fraction of sp³-hybridized carbons (Fsp3) is 0.235. The lowest BCUT2D eigenvalue weighted by Crippen LogP contribution is -2.60. The maximum Gasteiger partial charge on any atom is 0.165 e. The molecule has 0 aliphatic carbocycles. The Kier molecular flexibility index (Phi) is 3.83. The molecule has 0 atom stereocenters. The lowest BCUT2D eigenvalue weighted by atomic mass is 9.97. The van der Waals surface area contributed by atoms with E-state index in [-0.39, 0.29) is 0 Å². The van der Waals surface area contributed by atoms with Gasteiger partial charge >= 0.3 is 0 Å². The third-order valence-electron chi connectivity index (χ3n) is 4.07. The fourth-order valence-electron chi connectivity index (χ4n) is 2.74. The molecule has 0 bridgehead atoms. The zero-order valence-corrected chi connectivity index (χ0v) is 13.1. The SMILES string of the molecule is CNC1=CC(NC)(NC)Nc2ccc(-c3ccncc3)cc21. The summed E-state index contributed by atoms with van der Waals surface area (Å²) in [5.41, 5.74) is 5.64. The molecule has 22 heavy (non-hydrogen) atoms. The van der Waals surface area contributed by atoms with Gasteiger partial charge in [-0.25, -0.2) is 0 Å². The number of hydrogen-bond acceptors (Lipinski definition) is 5. The van der Waals surface area contributed by atoms with Crippen LogP contribution >= 0.6 is 0 Å². The van der Waals surface area contributed by atoms with Crippen LogP contribution in [0, 0.1) is 0 Å². The Morgan fingerprint density at radius 3 is 2.32 bits per heavy atom. The minimum Gasteiger partial charge on any atom is -0.388 e. The molecule has 2 aromatic rings. The Bertz CT molecular complexity index is 689. The molecule has 1 aromatic carbocycles. The Hall–Kier alpha value is -2.37. The van der Waals surface area contributed by atoms with Crippen molar-refractivity contribution in [1.29, 1.82) is 0 Å². The summed E-state index contributed by atoms with van der Waals surface area (Å²) in [4.78, 5) is 4.08. The standard InChI is InChI=1S/C17H21N5/c1-18-16-11-17(19-2,20-3)22-15-5-4-13(10-14(15)16)12-6-8-21-9-7-12/h4-11,18-20,22H,1-3H3. The van der Waals surface area contributed by atoms with Crippen molar-refractivity contribution in [2.45, 2.75) is 5.79 Å². The third kappa shape index (κ3) is 2.45. The van der Waals surface area contributed by atoms with Crippen molar-refractivity contribution in [3.63, 3.8) is 0 Å². The highest BCUT2D eigenvalue weighted by Gasteiger charge is 2.29. The average Bonchev–Trinajstić information content (AvgIpc) is 2.61. The molecule has 0 saturated carbocycles. The molecule has 5 heteroatoms. The van der Waals surface area contributed by atoms with E-state index in [9.17, 15) is 0 Å². The van der Waals surface area contributed by atoms with Crippen LogP contribution in [-0.4, -0.2) is 31.9 Å². The Morgan fingerprint density at radius 2 is 1.68 bits per heavy atom. The molecule has 0 radical (unpaired) electrons. The summed E-state index contributed by atoms with van der Waals surface area (Å²) in [6.07, 6.45) is 5.75. The molecule has 1 aliphatic heterocycles. The molecule has 3 rings (SSSR count). The monoisotopic (exact) mass is 295 g/mol. The van der Waals surface area contributed by atoms with E-state index >= 15 is 0 Å².